The van der Waals surface area contributed by atoms with Gasteiger partial charge in [-0.2, -0.15) is 0 Å². The van der Waals surface area contributed by atoms with E-state index in [1.807, 2.05) is 0 Å². The number of carbonyl (C=O) groups excluding carboxylic acids is 4. The van der Waals surface area contributed by atoms with Crippen LogP contribution in [0.4, 0.5) is 0 Å². The monoisotopic (exact) mass is 1230 g/mol. The van der Waals surface area contributed by atoms with E-state index in [-0.39, 0.29) is 25.7 Å². The topological polar surface area (TPSA) is 237 Å². The largest absolute Gasteiger partial charge is 0.472 e. The lowest BCUT2D eigenvalue weighted by Crippen LogP contribution is -2.30. The number of carbonyl (C=O) groups is 4. The van der Waals surface area contributed by atoms with Gasteiger partial charge in [0.1, 0.15) is 19.3 Å². The number of hydrogen-bond acceptors (Lipinski definition) is 15. The molecule has 0 aromatic rings. The normalized spacial score (nSPS) is 14.7. The number of phosphoric ester groups is 2. The van der Waals surface area contributed by atoms with Crippen molar-refractivity contribution in [3.8, 4) is 0 Å². The first kappa shape index (κ1) is 81.1. The summed E-state index contributed by atoms with van der Waals surface area (Å²) in [5, 5.41) is 10.5. The molecule has 83 heavy (non-hydrogen) atoms. The Morgan fingerprint density at radius 3 is 0.916 bits per heavy atom. The molecular formula is C64H124O17P2. The van der Waals surface area contributed by atoms with Crippen molar-refractivity contribution < 1.29 is 80.2 Å². The van der Waals surface area contributed by atoms with Crippen molar-refractivity contribution in [2.24, 2.45) is 17.8 Å². The number of rotatable bonds is 62. The van der Waals surface area contributed by atoms with E-state index in [4.69, 9.17) is 37.0 Å². The van der Waals surface area contributed by atoms with Gasteiger partial charge < -0.3 is 33.8 Å². The summed E-state index contributed by atoms with van der Waals surface area (Å²) >= 11 is 0. The van der Waals surface area contributed by atoms with E-state index < -0.39 is 97.5 Å². The molecule has 6 atom stereocenters. The number of hydrogen-bond donors (Lipinski definition) is 3. The molecular weight excluding hydrogens is 1100 g/mol. The Balaban J connectivity index is 5.19. The molecule has 0 amide bonds. The van der Waals surface area contributed by atoms with E-state index in [2.05, 4.69) is 48.5 Å². The van der Waals surface area contributed by atoms with E-state index in [1.54, 1.807) is 0 Å². The molecule has 3 unspecified atom stereocenters. The summed E-state index contributed by atoms with van der Waals surface area (Å²) in [7, 11) is -9.88. The lowest BCUT2D eigenvalue weighted by atomic mass is 10.00. The number of aliphatic hydroxyl groups excluding tert-OH is 1. The van der Waals surface area contributed by atoms with Crippen LogP contribution in [0, 0.1) is 17.8 Å². The number of unbranched alkanes of at least 4 members (excludes halogenated alkanes) is 29. The smallest absolute Gasteiger partial charge is 0.462 e. The quantitative estimate of drug-likeness (QED) is 0.0222. The van der Waals surface area contributed by atoms with Crippen molar-refractivity contribution >= 4 is 39.5 Å². The van der Waals surface area contributed by atoms with Crippen molar-refractivity contribution in [3.63, 3.8) is 0 Å². The third kappa shape index (κ3) is 57.6. The second-order valence-electron chi connectivity index (χ2n) is 24.3. The first-order chi connectivity index (χ1) is 39.8. The second kappa shape index (κ2) is 55.4. The number of aliphatic hydroxyl groups is 1. The van der Waals surface area contributed by atoms with E-state index in [0.717, 1.165) is 114 Å². The van der Waals surface area contributed by atoms with Crippen molar-refractivity contribution in [3.05, 3.63) is 0 Å². The van der Waals surface area contributed by atoms with Crippen LogP contribution < -0.4 is 0 Å². The number of esters is 4. The highest BCUT2D eigenvalue weighted by atomic mass is 31.2. The van der Waals surface area contributed by atoms with Gasteiger partial charge in [-0.25, -0.2) is 9.13 Å². The fourth-order valence-corrected chi connectivity index (χ4v) is 11.0. The Kier molecular flexibility index (Phi) is 54.1. The zero-order valence-electron chi connectivity index (χ0n) is 53.6. The molecule has 19 heteroatoms. The van der Waals surface area contributed by atoms with Crippen LogP contribution in [-0.2, 0) is 65.4 Å². The summed E-state index contributed by atoms with van der Waals surface area (Å²) < 4.78 is 67.8. The molecule has 492 valence electrons. The maximum atomic E-state index is 13.0. The minimum atomic E-state index is -4.94. The zero-order valence-corrected chi connectivity index (χ0v) is 55.4. The van der Waals surface area contributed by atoms with Crippen molar-refractivity contribution in [2.45, 2.75) is 330 Å². The Morgan fingerprint density at radius 2 is 0.614 bits per heavy atom. The summed E-state index contributed by atoms with van der Waals surface area (Å²) in [5.41, 5.74) is 0. The van der Waals surface area contributed by atoms with Crippen LogP contribution in [-0.4, -0.2) is 96.7 Å². The lowest BCUT2D eigenvalue weighted by molar-refractivity contribution is -0.161. The fourth-order valence-electron chi connectivity index (χ4n) is 9.45. The predicted molar refractivity (Wildman–Crippen MR) is 331 cm³/mol. The Labute approximate surface area is 505 Å². The van der Waals surface area contributed by atoms with Gasteiger partial charge in [-0.3, -0.25) is 37.3 Å². The van der Waals surface area contributed by atoms with Gasteiger partial charge in [-0.1, -0.05) is 260 Å². The van der Waals surface area contributed by atoms with Gasteiger partial charge >= 0.3 is 39.5 Å². The second-order valence-corrected chi connectivity index (χ2v) is 27.3. The molecule has 0 aliphatic carbocycles. The first-order valence-corrected chi connectivity index (χ1v) is 36.4. The highest BCUT2D eigenvalue weighted by Gasteiger charge is 2.30. The van der Waals surface area contributed by atoms with Gasteiger partial charge in [0.2, 0.25) is 0 Å². The first-order valence-electron chi connectivity index (χ1n) is 33.4. The van der Waals surface area contributed by atoms with Gasteiger partial charge in [-0.15, -0.1) is 0 Å². The Morgan fingerprint density at radius 1 is 0.349 bits per heavy atom. The summed E-state index contributed by atoms with van der Waals surface area (Å²) in [6, 6.07) is 0. The molecule has 0 aromatic heterocycles. The third-order valence-corrected chi connectivity index (χ3v) is 16.9. The molecule has 0 heterocycles. The molecule has 0 saturated heterocycles. The van der Waals surface area contributed by atoms with E-state index in [1.165, 1.54) is 116 Å². The molecule has 0 spiro atoms. The SMILES string of the molecule is CCCCCCCC(=O)OC[C@H](COP(=O)(O)OC[C@H](O)COP(=O)(O)OC[C@@H](COC(=O)CCCCCCCCCCCCCC(C)C)OC(=O)CCCCCCCCCCCCCC(C)C)OC(=O)CCCCCCCCC(C)CC. The molecule has 0 bridgehead atoms. The maximum absolute atomic E-state index is 13.0. The lowest BCUT2D eigenvalue weighted by Gasteiger charge is -2.21. The zero-order chi connectivity index (χ0) is 61.7. The molecule has 3 N–H and O–H groups in total. The molecule has 0 saturated carbocycles. The summed E-state index contributed by atoms with van der Waals surface area (Å²) in [5.74, 6) is 0.109. The van der Waals surface area contributed by atoms with Gasteiger partial charge in [0.25, 0.3) is 0 Å². The van der Waals surface area contributed by atoms with Crippen LogP contribution in [0.15, 0.2) is 0 Å². The summed E-state index contributed by atoms with van der Waals surface area (Å²) in [4.78, 5) is 72.0. The standard InChI is InChI=1S/C64H124O17P2/c1-8-10-11-28-38-45-61(66)74-51-59(81-64(69)48-41-34-27-26-31-37-44-57(7)9-2)53-78-82(70,71)76-49-58(65)50-77-83(72,73)79-54-60(80-63(68)47-40-33-25-21-17-13-15-19-23-30-36-43-56(5)6)52-75-62(67)46-39-32-24-20-16-12-14-18-22-29-35-42-55(3)4/h55-60,65H,8-54H2,1-7H3,(H,70,71)(H,72,73)/t57?,58-,59+,60+/m0/s1. The van der Waals surface area contributed by atoms with Crippen molar-refractivity contribution in [2.75, 3.05) is 39.6 Å². The molecule has 17 nitrogen and oxygen atoms in total. The summed E-state index contributed by atoms with van der Waals surface area (Å²) in [6.45, 7) is 11.7. The van der Waals surface area contributed by atoms with Gasteiger partial charge in [0.05, 0.1) is 26.4 Å². The fraction of sp³-hybridized carbons (Fsp3) is 0.938. The molecule has 0 radical (unpaired) electrons. The average Bonchev–Trinajstić information content (AvgIpc) is 3.45. The van der Waals surface area contributed by atoms with Crippen LogP contribution in [0.25, 0.3) is 0 Å². The molecule has 0 aliphatic heterocycles. The predicted octanol–water partition coefficient (Wildman–Crippen LogP) is 17.5. The minimum Gasteiger partial charge on any atom is -0.462 e. The van der Waals surface area contributed by atoms with Crippen LogP contribution in [0.2, 0.25) is 0 Å². The van der Waals surface area contributed by atoms with Crippen molar-refractivity contribution in [1.29, 1.82) is 0 Å². The van der Waals surface area contributed by atoms with Crippen molar-refractivity contribution in [1.82, 2.24) is 0 Å². The summed E-state index contributed by atoms with van der Waals surface area (Å²) in [6.07, 6.45) is 36.6. The van der Waals surface area contributed by atoms with Gasteiger partial charge in [-0.05, 0) is 43.4 Å². The number of phosphoric acid groups is 2. The maximum Gasteiger partial charge on any atom is 0.472 e. The molecule has 0 aromatic carbocycles. The van der Waals surface area contributed by atoms with Gasteiger partial charge in [0, 0.05) is 25.7 Å². The molecule has 0 rings (SSSR count). The van der Waals surface area contributed by atoms with E-state index in [0.29, 0.717) is 25.7 Å². The molecule has 0 aliphatic rings. The molecule has 0 fully saturated rings. The number of ether oxygens (including phenoxy) is 4. The average molecular weight is 1230 g/mol. The van der Waals surface area contributed by atoms with Crippen LogP contribution >= 0.6 is 15.6 Å². The Bertz CT molecular complexity index is 1650. The van der Waals surface area contributed by atoms with Crippen LogP contribution in [0.3, 0.4) is 0 Å². The minimum absolute atomic E-state index is 0.102. The van der Waals surface area contributed by atoms with E-state index in [9.17, 15) is 43.2 Å². The van der Waals surface area contributed by atoms with Crippen LogP contribution in [0.5, 0.6) is 0 Å². The van der Waals surface area contributed by atoms with E-state index >= 15 is 0 Å². The highest BCUT2D eigenvalue weighted by Crippen LogP contribution is 2.45. The van der Waals surface area contributed by atoms with Crippen LogP contribution in [0.1, 0.15) is 312 Å². The third-order valence-electron chi connectivity index (χ3n) is 15.0. The Hall–Kier alpha value is -1.94. The highest BCUT2D eigenvalue weighted by molar-refractivity contribution is 7.47. The van der Waals surface area contributed by atoms with Gasteiger partial charge in [0.15, 0.2) is 12.2 Å².